The highest BCUT2D eigenvalue weighted by Gasteiger charge is 2.12. The molecule has 2 aromatic rings. The normalized spacial score (nSPS) is 10.5. The first kappa shape index (κ1) is 12.4. The molecule has 0 saturated heterocycles. The van der Waals surface area contributed by atoms with Gasteiger partial charge in [0, 0.05) is 16.5 Å². The number of aromatic nitrogens is 1. The second-order valence-corrected chi connectivity index (χ2v) is 4.80. The Morgan fingerprint density at radius 2 is 2.12 bits per heavy atom. The van der Waals surface area contributed by atoms with E-state index in [9.17, 15) is 4.79 Å². The zero-order valence-corrected chi connectivity index (χ0v) is 11.5. The van der Waals surface area contributed by atoms with Gasteiger partial charge < -0.3 is 4.52 Å². The number of ketones is 1. The largest absolute Gasteiger partial charge is 0.352 e. The average Bonchev–Trinajstić information content (AvgIpc) is 2.87. The van der Waals surface area contributed by atoms with Crippen LogP contribution in [0.15, 0.2) is 39.8 Å². The molecule has 0 saturated carbocycles. The summed E-state index contributed by atoms with van der Waals surface area (Å²) in [7, 11) is 0. The zero-order chi connectivity index (χ0) is 12.3. The molecular formula is C12H10BrNO2S. The molecule has 17 heavy (non-hydrogen) atoms. The number of hydrogen-bond donors (Lipinski definition) is 0. The van der Waals surface area contributed by atoms with E-state index < -0.39 is 0 Å². The van der Waals surface area contributed by atoms with Gasteiger partial charge in [0.2, 0.25) is 11.5 Å². The van der Waals surface area contributed by atoms with Crippen molar-refractivity contribution in [2.75, 3.05) is 11.6 Å². The summed E-state index contributed by atoms with van der Waals surface area (Å²) in [6, 6.07) is 9.62. The van der Waals surface area contributed by atoms with Gasteiger partial charge >= 0.3 is 0 Å². The standard InChI is InChI=1S/C12H10BrNO2S/c1-17-9-4-2-8(3-5-9)10-6-12(16-14-10)11(15)7-13/h2-6H,7H2,1H3. The first-order valence-electron chi connectivity index (χ1n) is 4.95. The van der Waals surface area contributed by atoms with Crippen LogP contribution in [0.3, 0.4) is 0 Å². The lowest BCUT2D eigenvalue weighted by molar-refractivity contribution is 0.0985. The molecule has 0 bridgehead atoms. The number of Topliss-reactive ketones (excluding diaryl/α,β-unsaturated/α-hetero) is 1. The van der Waals surface area contributed by atoms with Gasteiger partial charge in [0.25, 0.3) is 0 Å². The Bertz CT molecular complexity index is 522. The Balaban J connectivity index is 2.27. The number of alkyl halides is 1. The maximum Gasteiger partial charge on any atom is 0.211 e. The molecule has 5 heteroatoms. The van der Waals surface area contributed by atoms with Gasteiger partial charge in [-0.15, -0.1) is 11.8 Å². The first-order valence-corrected chi connectivity index (χ1v) is 7.29. The highest BCUT2D eigenvalue weighted by molar-refractivity contribution is 9.09. The number of carbonyl (C=O) groups excluding carboxylic acids is 1. The number of rotatable bonds is 4. The van der Waals surface area contributed by atoms with E-state index in [1.165, 1.54) is 4.90 Å². The van der Waals surface area contributed by atoms with Crippen molar-refractivity contribution in [1.29, 1.82) is 0 Å². The van der Waals surface area contributed by atoms with Crippen LogP contribution in [0.2, 0.25) is 0 Å². The van der Waals surface area contributed by atoms with Crippen LogP contribution in [0.25, 0.3) is 11.3 Å². The van der Waals surface area contributed by atoms with Gasteiger partial charge in [-0.2, -0.15) is 0 Å². The fourth-order valence-corrected chi connectivity index (χ4v) is 2.05. The summed E-state index contributed by atoms with van der Waals surface area (Å²) in [5.41, 5.74) is 1.63. The molecule has 0 spiro atoms. The SMILES string of the molecule is CSc1ccc(-c2cc(C(=O)CBr)on2)cc1. The van der Waals surface area contributed by atoms with Crippen LogP contribution in [-0.2, 0) is 0 Å². The van der Waals surface area contributed by atoms with E-state index in [1.54, 1.807) is 17.8 Å². The van der Waals surface area contributed by atoms with E-state index in [1.807, 2.05) is 30.5 Å². The average molecular weight is 312 g/mol. The minimum atomic E-state index is -0.107. The lowest BCUT2D eigenvalue weighted by atomic mass is 10.1. The Morgan fingerprint density at radius 1 is 1.41 bits per heavy atom. The van der Waals surface area contributed by atoms with Crippen molar-refractivity contribution in [2.24, 2.45) is 0 Å². The third kappa shape index (κ3) is 2.79. The van der Waals surface area contributed by atoms with E-state index >= 15 is 0 Å². The van der Waals surface area contributed by atoms with Gasteiger partial charge in [-0.1, -0.05) is 33.2 Å². The van der Waals surface area contributed by atoms with Crippen LogP contribution in [-0.4, -0.2) is 22.5 Å². The molecule has 0 N–H and O–H groups in total. The molecule has 0 aliphatic heterocycles. The molecule has 0 atom stereocenters. The van der Waals surface area contributed by atoms with Crippen LogP contribution < -0.4 is 0 Å². The summed E-state index contributed by atoms with van der Waals surface area (Å²) in [4.78, 5) is 12.6. The van der Waals surface area contributed by atoms with Crippen LogP contribution in [0, 0.1) is 0 Å². The molecule has 1 heterocycles. The summed E-state index contributed by atoms with van der Waals surface area (Å²) in [5, 5.41) is 4.13. The second-order valence-electron chi connectivity index (χ2n) is 3.36. The molecule has 0 radical (unpaired) electrons. The molecular weight excluding hydrogens is 302 g/mol. The fourth-order valence-electron chi connectivity index (χ4n) is 1.37. The molecule has 1 aromatic heterocycles. The number of carbonyl (C=O) groups is 1. The van der Waals surface area contributed by atoms with Crippen molar-refractivity contribution in [2.45, 2.75) is 4.90 Å². The van der Waals surface area contributed by atoms with Crippen LogP contribution in [0.1, 0.15) is 10.6 Å². The smallest absolute Gasteiger partial charge is 0.211 e. The highest BCUT2D eigenvalue weighted by atomic mass is 79.9. The Labute approximate surface area is 112 Å². The number of hydrogen-bond acceptors (Lipinski definition) is 4. The molecule has 0 amide bonds. The summed E-state index contributed by atoms with van der Waals surface area (Å²) in [5.74, 6) is 0.176. The Hall–Kier alpha value is -1.07. The molecule has 0 fully saturated rings. The quantitative estimate of drug-likeness (QED) is 0.491. The summed E-state index contributed by atoms with van der Waals surface area (Å²) in [6.07, 6.45) is 2.03. The first-order chi connectivity index (χ1) is 8.24. The van der Waals surface area contributed by atoms with Gasteiger partial charge in [0.1, 0.15) is 5.69 Å². The number of thioether (sulfide) groups is 1. The van der Waals surface area contributed by atoms with E-state index in [-0.39, 0.29) is 16.9 Å². The van der Waals surface area contributed by atoms with Crippen molar-refractivity contribution >= 4 is 33.5 Å². The van der Waals surface area contributed by atoms with Crippen LogP contribution in [0.4, 0.5) is 0 Å². The summed E-state index contributed by atoms with van der Waals surface area (Å²) >= 11 is 4.78. The monoisotopic (exact) mass is 311 g/mol. The minimum Gasteiger partial charge on any atom is -0.352 e. The zero-order valence-electron chi connectivity index (χ0n) is 9.14. The number of nitrogens with zero attached hydrogens (tertiary/aromatic N) is 1. The highest BCUT2D eigenvalue weighted by Crippen LogP contribution is 2.23. The van der Waals surface area contributed by atoms with Crippen molar-refractivity contribution in [3.8, 4) is 11.3 Å². The maximum absolute atomic E-state index is 11.4. The third-order valence-electron chi connectivity index (χ3n) is 2.29. The van der Waals surface area contributed by atoms with Gasteiger partial charge in [-0.25, -0.2) is 0 Å². The Morgan fingerprint density at radius 3 is 2.71 bits per heavy atom. The predicted octanol–water partition coefficient (Wildman–Crippen LogP) is 3.64. The van der Waals surface area contributed by atoms with E-state index in [0.29, 0.717) is 5.69 Å². The second kappa shape index (κ2) is 5.51. The fraction of sp³-hybridized carbons (Fsp3) is 0.167. The lowest BCUT2D eigenvalue weighted by Crippen LogP contribution is -1.96. The van der Waals surface area contributed by atoms with Gasteiger partial charge in [0.15, 0.2) is 0 Å². The third-order valence-corrected chi connectivity index (χ3v) is 3.54. The molecule has 0 aliphatic carbocycles. The molecule has 3 nitrogen and oxygen atoms in total. The van der Waals surface area contributed by atoms with Crippen molar-refractivity contribution < 1.29 is 9.32 Å². The van der Waals surface area contributed by atoms with E-state index in [2.05, 4.69) is 21.1 Å². The van der Waals surface area contributed by atoms with Gasteiger partial charge in [0.05, 0.1) is 5.33 Å². The van der Waals surface area contributed by atoms with Gasteiger partial charge in [-0.3, -0.25) is 4.79 Å². The molecule has 0 unspecified atom stereocenters. The van der Waals surface area contributed by atoms with Crippen LogP contribution >= 0.6 is 27.7 Å². The summed E-state index contributed by atoms with van der Waals surface area (Å²) in [6.45, 7) is 0. The molecule has 2 rings (SSSR count). The van der Waals surface area contributed by atoms with Crippen molar-refractivity contribution in [3.05, 3.63) is 36.1 Å². The molecule has 88 valence electrons. The predicted molar refractivity (Wildman–Crippen MR) is 71.8 cm³/mol. The Kier molecular flexibility index (Phi) is 4.02. The number of benzene rings is 1. The number of halogens is 1. The van der Waals surface area contributed by atoms with E-state index in [0.717, 1.165) is 5.56 Å². The summed E-state index contributed by atoms with van der Waals surface area (Å²) < 4.78 is 4.99. The molecule has 1 aromatic carbocycles. The maximum atomic E-state index is 11.4. The topological polar surface area (TPSA) is 43.1 Å². The van der Waals surface area contributed by atoms with E-state index in [4.69, 9.17) is 4.52 Å². The minimum absolute atomic E-state index is 0.107. The lowest BCUT2D eigenvalue weighted by Gasteiger charge is -1.97. The molecule has 0 aliphatic rings. The van der Waals surface area contributed by atoms with Crippen molar-refractivity contribution in [1.82, 2.24) is 5.16 Å². The van der Waals surface area contributed by atoms with Crippen LogP contribution in [0.5, 0.6) is 0 Å². The van der Waals surface area contributed by atoms with Gasteiger partial charge in [-0.05, 0) is 18.4 Å². The van der Waals surface area contributed by atoms with Crippen molar-refractivity contribution in [3.63, 3.8) is 0 Å².